The molecule has 0 aromatic heterocycles. The number of nitro benzene ring substituents is 1. The highest BCUT2D eigenvalue weighted by Gasteiger charge is 2.24. The van der Waals surface area contributed by atoms with Gasteiger partial charge in [0, 0.05) is 36.0 Å². The summed E-state index contributed by atoms with van der Waals surface area (Å²) in [6, 6.07) is 9.77. The lowest BCUT2D eigenvalue weighted by Crippen LogP contribution is -2.33. The SMILES string of the molecule is Cc1ccc(NC(=O)c2cccc(S(=O)(=O)N(C)C(C)C)c2)cc1[N+](=O)[O-]. The molecular formula is C18H21N3O5S. The number of hydrogen-bond acceptors (Lipinski definition) is 5. The van der Waals surface area contributed by atoms with E-state index in [1.807, 2.05) is 0 Å². The van der Waals surface area contributed by atoms with Crippen molar-refractivity contribution in [2.75, 3.05) is 12.4 Å². The molecule has 8 nitrogen and oxygen atoms in total. The number of sulfonamides is 1. The van der Waals surface area contributed by atoms with Gasteiger partial charge in [0.15, 0.2) is 0 Å². The Morgan fingerprint density at radius 3 is 2.44 bits per heavy atom. The van der Waals surface area contributed by atoms with Crippen molar-refractivity contribution in [2.24, 2.45) is 0 Å². The average molecular weight is 391 g/mol. The third-order valence-electron chi connectivity index (χ3n) is 4.16. The Labute approximate surface area is 158 Å². The van der Waals surface area contributed by atoms with Crippen molar-refractivity contribution in [1.29, 1.82) is 0 Å². The van der Waals surface area contributed by atoms with Crippen LogP contribution < -0.4 is 5.32 Å². The number of nitro groups is 1. The number of amides is 1. The Kier molecular flexibility index (Phi) is 5.97. The molecule has 0 unspecified atom stereocenters. The molecule has 2 aromatic rings. The number of carbonyl (C=O) groups is 1. The number of nitrogens with zero attached hydrogens (tertiary/aromatic N) is 2. The fourth-order valence-electron chi connectivity index (χ4n) is 2.33. The van der Waals surface area contributed by atoms with Crippen molar-refractivity contribution in [1.82, 2.24) is 4.31 Å². The molecule has 0 heterocycles. The van der Waals surface area contributed by atoms with E-state index in [1.54, 1.807) is 26.8 Å². The van der Waals surface area contributed by atoms with E-state index >= 15 is 0 Å². The zero-order valence-electron chi connectivity index (χ0n) is 15.5. The van der Waals surface area contributed by atoms with Crippen molar-refractivity contribution in [3.8, 4) is 0 Å². The van der Waals surface area contributed by atoms with Gasteiger partial charge in [-0.2, -0.15) is 4.31 Å². The number of carbonyl (C=O) groups excluding carboxylic acids is 1. The predicted octanol–water partition coefficient (Wildman–Crippen LogP) is 3.18. The number of aryl methyl sites for hydroxylation is 1. The molecular weight excluding hydrogens is 370 g/mol. The molecule has 1 N–H and O–H groups in total. The molecule has 144 valence electrons. The van der Waals surface area contributed by atoms with Gasteiger partial charge in [-0.25, -0.2) is 8.42 Å². The summed E-state index contributed by atoms with van der Waals surface area (Å²) in [6.07, 6.45) is 0. The molecule has 0 fully saturated rings. The highest BCUT2D eigenvalue weighted by atomic mass is 32.2. The summed E-state index contributed by atoms with van der Waals surface area (Å²) in [5, 5.41) is 13.6. The molecule has 0 aliphatic heterocycles. The third-order valence-corrected chi connectivity index (χ3v) is 6.19. The van der Waals surface area contributed by atoms with Gasteiger partial charge in [0.1, 0.15) is 0 Å². The van der Waals surface area contributed by atoms with Gasteiger partial charge in [-0.1, -0.05) is 12.1 Å². The highest BCUT2D eigenvalue weighted by molar-refractivity contribution is 7.89. The molecule has 0 spiro atoms. The average Bonchev–Trinajstić information content (AvgIpc) is 2.62. The van der Waals surface area contributed by atoms with Crippen LogP contribution in [-0.2, 0) is 10.0 Å². The summed E-state index contributed by atoms with van der Waals surface area (Å²) in [5.74, 6) is -0.558. The zero-order valence-corrected chi connectivity index (χ0v) is 16.3. The van der Waals surface area contributed by atoms with Crippen LogP contribution in [0.15, 0.2) is 47.4 Å². The first-order valence-electron chi connectivity index (χ1n) is 8.18. The summed E-state index contributed by atoms with van der Waals surface area (Å²) in [5.41, 5.74) is 0.756. The first-order valence-corrected chi connectivity index (χ1v) is 9.62. The lowest BCUT2D eigenvalue weighted by molar-refractivity contribution is -0.385. The Balaban J connectivity index is 2.31. The second-order valence-electron chi connectivity index (χ2n) is 6.36. The molecule has 0 atom stereocenters. The van der Waals surface area contributed by atoms with Crippen LogP contribution in [0, 0.1) is 17.0 Å². The minimum absolute atomic E-state index is 0.00115. The van der Waals surface area contributed by atoms with Gasteiger partial charge >= 0.3 is 0 Å². The van der Waals surface area contributed by atoms with Crippen LogP contribution in [0.4, 0.5) is 11.4 Å². The van der Waals surface area contributed by atoms with Crippen LogP contribution >= 0.6 is 0 Å². The van der Waals surface area contributed by atoms with Gasteiger partial charge in [-0.05, 0) is 45.0 Å². The fraction of sp³-hybridized carbons (Fsp3) is 0.278. The van der Waals surface area contributed by atoms with E-state index in [1.165, 1.54) is 47.8 Å². The molecule has 2 rings (SSSR count). The lowest BCUT2D eigenvalue weighted by Gasteiger charge is -2.21. The van der Waals surface area contributed by atoms with Crippen LogP contribution in [0.2, 0.25) is 0 Å². The molecule has 1 amide bonds. The maximum atomic E-state index is 12.6. The third kappa shape index (κ3) is 4.50. The molecule has 27 heavy (non-hydrogen) atoms. The Morgan fingerprint density at radius 1 is 1.19 bits per heavy atom. The molecule has 2 aromatic carbocycles. The van der Waals surface area contributed by atoms with E-state index in [4.69, 9.17) is 0 Å². The number of benzene rings is 2. The lowest BCUT2D eigenvalue weighted by atomic mass is 10.1. The normalized spacial score (nSPS) is 11.6. The number of rotatable bonds is 6. The van der Waals surface area contributed by atoms with Crippen LogP contribution in [0.3, 0.4) is 0 Å². The van der Waals surface area contributed by atoms with Gasteiger partial charge in [0.25, 0.3) is 11.6 Å². The first-order chi connectivity index (χ1) is 12.5. The van der Waals surface area contributed by atoms with Crippen molar-refractivity contribution < 1.29 is 18.1 Å². The van der Waals surface area contributed by atoms with Crippen LogP contribution in [0.25, 0.3) is 0 Å². The van der Waals surface area contributed by atoms with Crippen LogP contribution in [-0.4, -0.2) is 36.6 Å². The Morgan fingerprint density at radius 2 is 1.85 bits per heavy atom. The smallest absolute Gasteiger partial charge is 0.274 e. The molecule has 0 aliphatic rings. The minimum atomic E-state index is -3.73. The van der Waals surface area contributed by atoms with Crippen molar-refractivity contribution in [3.05, 3.63) is 63.7 Å². The first kappa shape index (κ1) is 20.5. The van der Waals surface area contributed by atoms with Crippen molar-refractivity contribution in [3.63, 3.8) is 0 Å². The van der Waals surface area contributed by atoms with E-state index in [9.17, 15) is 23.3 Å². The quantitative estimate of drug-likeness (QED) is 0.601. The number of hydrogen-bond donors (Lipinski definition) is 1. The second-order valence-corrected chi connectivity index (χ2v) is 8.35. The summed E-state index contributed by atoms with van der Waals surface area (Å²) in [4.78, 5) is 23.0. The molecule has 0 bridgehead atoms. The topological polar surface area (TPSA) is 110 Å². The van der Waals surface area contributed by atoms with Crippen molar-refractivity contribution in [2.45, 2.75) is 31.7 Å². The molecule has 0 aliphatic carbocycles. The largest absolute Gasteiger partial charge is 0.322 e. The molecule has 9 heteroatoms. The Hall–Kier alpha value is -2.78. The van der Waals surface area contributed by atoms with Crippen LogP contribution in [0.1, 0.15) is 29.8 Å². The summed E-state index contributed by atoms with van der Waals surface area (Å²) in [6.45, 7) is 5.10. The van der Waals surface area contributed by atoms with E-state index < -0.39 is 20.9 Å². The van der Waals surface area contributed by atoms with Gasteiger partial charge in [0.05, 0.1) is 9.82 Å². The maximum Gasteiger partial charge on any atom is 0.274 e. The maximum absolute atomic E-state index is 12.6. The van der Waals surface area contributed by atoms with Gasteiger partial charge in [-0.15, -0.1) is 0 Å². The number of anilines is 1. The van der Waals surface area contributed by atoms with Gasteiger partial charge in [-0.3, -0.25) is 14.9 Å². The van der Waals surface area contributed by atoms with Gasteiger partial charge in [0.2, 0.25) is 10.0 Å². The van der Waals surface area contributed by atoms with Gasteiger partial charge < -0.3 is 5.32 Å². The standard InChI is InChI=1S/C18H21N3O5S/c1-12(2)20(4)27(25,26)16-7-5-6-14(10-16)18(22)19-15-9-8-13(3)17(11-15)21(23)24/h5-12H,1-4H3,(H,19,22). The molecule has 0 saturated heterocycles. The van der Waals surface area contributed by atoms with Crippen molar-refractivity contribution >= 4 is 27.3 Å². The van der Waals surface area contributed by atoms with E-state index in [2.05, 4.69) is 5.32 Å². The zero-order chi connectivity index (χ0) is 20.4. The minimum Gasteiger partial charge on any atom is -0.322 e. The summed E-state index contributed by atoms with van der Waals surface area (Å²) in [7, 11) is -2.26. The number of nitrogens with one attached hydrogen (secondary N) is 1. The molecule has 0 radical (unpaired) electrons. The molecule has 0 saturated carbocycles. The van der Waals surface area contributed by atoms with E-state index in [0.29, 0.717) is 5.56 Å². The summed E-state index contributed by atoms with van der Waals surface area (Å²) >= 11 is 0. The Bertz CT molecular complexity index is 986. The van der Waals surface area contributed by atoms with E-state index in [-0.39, 0.29) is 27.9 Å². The predicted molar refractivity (Wildman–Crippen MR) is 102 cm³/mol. The second kappa shape index (κ2) is 7.85. The van der Waals surface area contributed by atoms with Crippen LogP contribution in [0.5, 0.6) is 0 Å². The highest BCUT2D eigenvalue weighted by Crippen LogP contribution is 2.23. The summed E-state index contributed by atoms with van der Waals surface area (Å²) < 4.78 is 26.4. The fourth-order valence-corrected chi connectivity index (χ4v) is 3.74. The monoisotopic (exact) mass is 391 g/mol. The van der Waals surface area contributed by atoms with E-state index in [0.717, 1.165) is 0 Å².